The maximum atomic E-state index is 12.5. The van der Waals surface area contributed by atoms with Gasteiger partial charge in [-0.2, -0.15) is 0 Å². The van der Waals surface area contributed by atoms with E-state index in [1.165, 1.54) is 31.3 Å². The highest BCUT2D eigenvalue weighted by atomic mass is 32.2. The van der Waals surface area contributed by atoms with E-state index in [9.17, 15) is 22.8 Å². The zero-order valence-electron chi connectivity index (χ0n) is 18.0. The van der Waals surface area contributed by atoms with Gasteiger partial charge in [-0.15, -0.1) is 0 Å². The normalized spacial score (nSPS) is 10.8. The van der Waals surface area contributed by atoms with Crippen LogP contribution in [0.2, 0.25) is 0 Å². The van der Waals surface area contributed by atoms with Crippen molar-refractivity contribution >= 4 is 39.1 Å². The van der Waals surface area contributed by atoms with Crippen molar-refractivity contribution in [2.75, 3.05) is 29.5 Å². The molecule has 3 rings (SSSR count). The van der Waals surface area contributed by atoms with Crippen molar-refractivity contribution in [1.29, 1.82) is 0 Å². The summed E-state index contributed by atoms with van der Waals surface area (Å²) < 4.78 is 29.7. The topological polar surface area (TPSA) is 110 Å². The number of carbonyl (C=O) groups excluding carboxylic acids is 3. The summed E-state index contributed by atoms with van der Waals surface area (Å²) in [5, 5.41) is 2.74. The van der Waals surface area contributed by atoms with E-state index in [0.29, 0.717) is 16.8 Å². The number of hydrogen-bond donors (Lipinski definition) is 1. The number of rotatable bonds is 8. The van der Waals surface area contributed by atoms with Gasteiger partial charge in [0.15, 0.2) is 12.4 Å². The first-order valence-electron chi connectivity index (χ1n) is 9.86. The Bertz CT molecular complexity index is 1270. The lowest BCUT2D eigenvalue weighted by Crippen LogP contribution is -2.27. The molecule has 170 valence electrons. The fraction of sp³-hybridized carbons (Fsp3) is 0.125. The van der Waals surface area contributed by atoms with Crippen LogP contribution in [0.4, 0.5) is 11.4 Å². The molecule has 3 aromatic rings. The summed E-state index contributed by atoms with van der Waals surface area (Å²) in [5.74, 6) is -1.54. The molecule has 0 aliphatic heterocycles. The molecule has 0 aliphatic carbocycles. The highest BCUT2D eigenvalue weighted by Gasteiger charge is 2.21. The number of Topliss-reactive ketones (excluding diaryl/α,β-unsaturated/α-hetero) is 1. The average molecular weight is 467 g/mol. The predicted octanol–water partition coefficient (Wildman–Crippen LogP) is 3.37. The van der Waals surface area contributed by atoms with Crippen molar-refractivity contribution in [2.24, 2.45) is 0 Å². The number of hydrogen-bond acceptors (Lipinski definition) is 6. The molecule has 0 bridgehead atoms. The molecule has 0 saturated carbocycles. The summed E-state index contributed by atoms with van der Waals surface area (Å²) in [5.41, 5.74) is 1.48. The van der Waals surface area contributed by atoms with E-state index in [0.717, 1.165) is 10.6 Å². The smallest absolute Gasteiger partial charge is 0.340 e. The Morgan fingerprint density at radius 2 is 1.45 bits per heavy atom. The molecule has 3 aromatic carbocycles. The average Bonchev–Trinajstić information content (AvgIpc) is 2.82. The van der Waals surface area contributed by atoms with Crippen LogP contribution in [0, 0.1) is 0 Å². The van der Waals surface area contributed by atoms with Gasteiger partial charge in [0.05, 0.1) is 17.5 Å². The summed E-state index contributed by atoms with van der Waals surface area (Å²) in [6.07, 6.45) is 1.02. The molecule has 1 N–H and O–H groups in total. The zero-order valence-corrected chi connectivity index (χ0v) is 18.8. The van der Waals surface area contributed by atoms with Crippen LogP contribution in [0.1, 0.15) is 31.1 Å². The van der Waals surface area contributed by atoms with Gasteiger partial charge in [-0.3, -0.25) is 13.9 Å². The Labute approximate surface area is 191 Å². The molecular weight excluding hydrogens is 444 g/mol. The van der Waals surface area contributed by atoms with Gasteiger partial charge in [0.25, 0.3) is 5.91 Å². The van der Waals surface area contributed by atoms with Gasteiger partial charge in [0.2, 0.25) is 10.0 Å². The van der Waals surface area contributed by atoms with Crippen molar-refractivity contribution in [1.82, 2.24) is 0 Å². The van der Waals surface area contributed by atoms with Gasteiger partial charge in [-0.25, -0.2) is 13.2 Å². The van der Waals surface area contributed by atoms with E-state index in [-0.39, 0.29) is 17.2 Å². The Kier molecular flexibility index (Phi) is 7.24. The quantitative estimate of drug-likeness (QED) is 0.403. The summed E-state index contributed by atoms with van der Waals surface area (Å²) in [6, 6.07) is 21.0. The summed E-state index contributed by atoms with van der Waals surface area (Å²) in [4.78, 5) is 37.1. The van der Waals surface area contributed by atoms with E-state index < -0.39 is 28.4 Å². The molecule has 0 atom stereocenters. The highest BCUT2D eigenvalue weighted by molar-refractivity contribution is 7.92. The SMILES string of the molecule is CN(c1ccccc1C(=O)OCC(=O)c1ccc(NC(=O)c2ccccc2)cc1)S(C)(=O)=O. The van der Waals surface area contributed by atoms with Crippen LogP contribution in [0.15, 0.2) is 78.9 Å². The molecule has 0 saturated heterocycles. The number of sulfonamides is 1. The Morgan fingerprint density at radius 3 is 2.09 bits per heavy atom. The van der Waals surface area contributed by atoms with Crippen LogP contribution in [-0.2, 0) is 14.8 Å². The van der Waals surface area contributed by atoms with E-state index in [4.69, 9.17) is 4.74 Å². The maximum Gasteiger partial charge on any atom is 0.340 e. The third kappa shape index (κ3) is 6.05. The van der Waals surface area contributed by atoms with Crippen LogP contribution in [0.25, 0.3) is 0 Å². The maximum absolute atomic E-state index is 12.5. The summed E-state index contributed by atoms with van der Waals surface area (Å²) >= 11 is 0. The van der Waals surface area contributed by atoms with Gasteiger partial charge < -0.3 is 10.1 Å². The standard InChI is InChI=1S/C24H22N2O6S/c1-26(33(2,30)31)21-11-7-6-10-20(21)24(29)32-16-22(27)17-12-14-19(15-13-17)25-23(28)18-8-4-3-5-9-18/h3-15H,16H2,1-2H3,(H,25,28). The first-order valence-corrected chi connectivity index (χ1v) is 11.7. The number of anilines is 2. The lowest BCUT2D eigenvalue weighted by Gasteiger charge is -2.19. The van der Waals surface area contributed by atoms with Crippen molar-refractivity contribution in [3.8, 4) is 0 Å². The van der Waals surface area contributed by atoms with E-state index >= 15 is 0 Å². The number of esters is 1. The van der Waals surface area contributed by atoms with Gasteiger partial charge in [0.1, 0.15) is 0 Å². The third-order valence-corrected chi connectivity index (χ3v) is 5.99. The molecule has 9 heteroatoms. The van der Waals surface area contributed by atoms with Crippen LogP contribution in [0.5, 0.6) is 0 Å². The number of ether oxygens (including phenoxy) is 1. The minimum Gasteiger partial charge on any atom is -0.454 e. The molecule has 0 radical (unpaired) electrons. The van der Waals surface area contributed by atoms with Crippen LogP contribution < -0.4 is 9.62 Å². The molecule has 1 amide bonds. The minimum atomic E-state index is -3.59. The number of amides is 1. The van der Waals surface area contributed by atoms with Gasteiger partial charge >= 0.3 is 5.97 Å². The van der Waals surface area contributed by atoms with Crippen LogP contribution in [0.3, 0.4) is 0 Å². The van der Waals surface area contributed by atoms with E-state index in [2.05, 4.69) is 5.32 Å². The van der Waals surface area contributed by atoms with Crippen molar-refractivity contribution in [2.45, 2.75) is 0 Å². The van der Waals surface area contributed by atoms with Gasteiger partial charge in [0, 0.05) is 23.9 Å². The molecule has 0 fully saturated rings. The summed E-state index contributed by atoms with van der Waals surface area (Å²) in [6.45, 7) is -0.522. The number of carbonyl (C=O) groups is 3. The fourth-order valence-electron chi connectivity index (χ4n) is 2.92. The zero-order chi connectivity index (χ0) is 24.0. The molecule has 0 aromatic heterocycles. The predicted molar refractivity (Wildman–Crippen MR) is 125 cm³/mol. The number of para-hydroxylation sites is 1. The van der Waals surface area contributed by atoms with Crippen molar-refractivity contribution in [3.05, 3.63) is 95.6 Å². The molecule has 0 aliphatic rings. The monoisotopic (exact) mass is 466 g/mol. The summed E-state index contributed by atoms with van der Waals surface area (Å²) in [7, 11) is -2.26. The lowest BCUT2D eigenvalue weighted by molar-refractivity contribution is 0.0475. The molecule has 0 spiro atoms. The molecular formula is C24H22N2O6S. The van der Waals surface area contributed by atoms with Crippen molar-refractivity contribution in [3.63, 3.8) is 0 Å². The van der Waals surface area contributed by atoms with Gasteiger partial charge in [-0.05, 0) is 48.5 Å². The molecule has 0 heterocycles. The molecule has 8 nitrogen and oxygen atoms in total. The third-order valence-electron chi connectivity index (χ3n) is 4.80. The second-order valence-electron chi connectivity index (χ2n) is 7.14. The van der Waals surface area contributed by atoms with Crippen LogP contribution >= 0.6 is 0 Å². The fourth-order valence-corrected chi connectivity index (χ4v) is 3.44. The first kappa shape index (κ1) is 23.7. The number of nitrogens with one attached hydrogen (secondary N) is 1. The van der Waals surface area contributed by atoms with Crippen LogP contribution in [-0.4, -0.2) is 46.0 Å². The second-order valence-corrected chi connectivity index (χ2v) is 9.16. The lowest BCUT2D eigenvalue weighted by atomic mass is 10.1. The number of benzene rings is 3. The number of nitrogens with zero attached hydrogens (tertiary/aromatic N) is 1. The molecule has 0 unspecified atom stereocenters. The van der Waals surface area contributed by atoms with Gasteiger partial charge in [-0.1, -0.05) is 30.3 Å². The van der Waals surface area contributed by atoms with E-state index in [1.807, 2.05) is 6.07 Å². The Hall–Kier alpha value is -3.98. The first-order chi connectivity index (χ1) is 15.7. The number of ketones is 1. The molecule has 33 heavy (non-hydrogen) atoms. The van der Waals surface area contributed by atoms with E-state index in [1.54, 1.807) is 48.5 Å². The van der Waals surface area contributed by atoms with Crippen molar-refractivity contribution < 1.29 is 27.5 Å². The minimum absolute atomic E-state index is 0.0252. The largest absolute Gasteiger partial charge is 0.454 e. The Balaban J connectivity index is 1.62. The second kappa shape index (κ2) is 10.1. The highest BCUT2D eigenvalue weighted by Crippen LogP contribution is 2.22. The Morgan fingerprint density at radius 1 is 0.848 bits per heavy atom.